The Morgan fingerprint density at radius 3 is 2.97 bits per heavy atom. The van der Waals surface area contributed by atoms with Crippen LogP contribution < -0.4 is 0 Å². The fraction of sp³-hybridized carbons (Fsp3) is 0.182. The highest BCUT2D eigenvalue weighted by atomic mass is 35.5. The van der Waals surface area contributed by atoms with Crippen LogP contribution in [-0.2, 0) is 0 Å². The van der Waals surface area contributed by atoms with E-state index >= 15 is 0 Å². The molecule has 0 spiro atoms. The van der Waals surface area contributed by atoms with Crippen LogP contribution in [0.5, 0.6) is 0 Å². The van der Waals surface area contributed by atoms with Crippen LogP contribution in [0.15, 0.2) is 61.1 Å². The molecular formula is C22H18ClN5O. The van der Waals surface area contributed by atoms with Gasteiger partial charge in [0.15, 0.2) is 5.82 Å². The molecule has 0 radical (unpaired) electrons. The molecule has 144 valence electrons. The van der Waals surface area contributed by atoms with E-state index in [1.54, 1.807) is 12.5 Å². The molecule has 2 aromatic heterocycles. The zero-order valence-electron chi connectivity index (χ0n) is 15.5. The lowest BCUT2D eigenvalue weighted by atomic mass is 10.1. The molecule has 1 atom stereocenters. The Bertz CT molecular complexity index is 1200. The second kappa shape index (κ2) is 7.29. The van der Waals surface area contributed by atoms with Crippen LogP contribution in [0.1, 0.15) is 34.9 Å². The van der Waals surface area contributed by atoms with Crippen molar-refractivity contribution in [2.75, 3.05) is 6.54 Å². The third-order valence-corrected chi connectivity index (χ3v) is 5.52. The molecule has 4 aromatic rings. The van der Waals surface area contributed by atoms with Gasteiger partial charge in [0.05, 0.1) is 29.1 Å². The number of amides is 1. The van der Waals surface area contributed by atoms with Gasteiger partial charge in [-0.3, -0.25) is 4.79 Å². The van der Waals surface area contributed by atoms with Crippen LogP contribution in [0, 0.1) is 0 Å². The maximum atomic E-state index is 13.2. The number of aromatic amines is 1. The first-order chi connectivity index (χ1) is 14.2. The molecule has 1 unspecified atom stereocenters. The summed E-state index contributed by atoms with van der Waals surface area (Å²) in [5.74, 6) is 0.620. The molecule has 1 saturated heterocycles. The second-order valence-corrected chi connectivity index (χ2v) is 7.54. The molecule has 0 saturated carbocycles. The lowest BCUT2D eigenvalue weighted by molar-refractivity contribution is 0.0733. The van der Waals surface area contributed by atoms with Gasteiger partial charge in [0.2, 0.25) is 0 Å². The van der Waals surface area contributed by atoms with Crippen LogP contribution in [0.3, 0.4) is 0 Å². The minimum absolute atomic E-state index is 0.00641. The second-order valence-electron chi connectivity index (χ2n) is 7.11. The van der Waals surface area contributed by atoms with Crippen LogP contribution in [0.2, 0.25) is 5.02 Å². The van der Waals surface area contributed by atoms with E-state index in [-0.39, 0.29) is 11.9 Å². The summed E-state index contributed by atoms with van der Waals surface area (Å²) in [6.07, 6.45) is 5.20. The van der Waals surface area contributed by atoms with Gasteiger partial charge in [0, 0.05) is 28.9 Å². The smallest absolute Gasteiger partial charge is 0.254 e. The number of likely N-dealkylation sites (tertiary alicyclic amines) is 1. The number of fused-ring (bicyclic) bond motifs is 1. The van der Waals surface area contributed by atoms with Crippen molar-refractivity contribution in [2.45, 2.75) is 18.9 Å². The van der Waals surface area contributed by atoms with E-state index < -0.39 is 0 Å². The summed E-state index contributed by atoms with van der Waals surface area (Å²) in [5.41, 5.74) is 4.07. The molecule has 7 heteroatoms. The van der Waals surface area contributed by atoms with Crippen molar-refractivity contribution in [3.63, 3.8) is 0 Å². The van der Waals surface area contributed by atoms with E-state index in [1.807, 2.05) is 53.4 Å². The van der Waals surface area contributed by atoms with Gasteiger partial charge in [-0.05, 0) is 49.2 Å². The highest BCUT2D eigenvalue weighted by molar-refractivity contribution is 6.30. The summed E-state index contributed by atoms with van der Waals surface area (Å²) in [6, 6.07) is 14.9. The van der Waals surface area contributed by atoms with Crippen LogP contribution in [0.25, 0.3) is 22.4 Å². The Morgan fingerprint density at radius 2 is 2.07 bits per heavy atom. The Morgan fingerprint density at radius 1 is 1.14 bits per heavy atom. The first-order valence-corrected chi connectivity index (χ1v) is 9.90. The number of nitrogens with one attached hydrogen (secondary N) is 1. The molecule has 5 rings (SSSR count). The molecule has 1 amide bonds. The predicted octanol–water partition coefficient (Wildman–Crippen LogP) is 4.65. The van der Waals surface area contributed by atoms with Crippen molar-refractivity contribution < 1.29 is 4.79 Å². The van der Waals surface area contributed by atoms with E-state index in [4.69, 9.17) is 16.6 Å². The van der Waals surface area contributed by atoms with Gasteiger partial charge in [-0.15, -0.1) is 0 Å². The number of benzene rings is 2. The number of nitrogens with zero attached hydrogens (tertiary/aromatic N) is 4. The summed E-state index contributed by atoms with van der Waals surface area (Å²) < 4.78 is 0. The number of H-pyrrole nitrogens is 1. The fourth-order valence-electron chi connectivity index (χ4n) is 3.88. The number of aromatic nitrogens is 4. The molecular weight excluding hydrogens is 386 g/mol. The summed E-state index contributed by atoms with van der Waals surface area (Å²) in [4.78, 5) is 31.6. The minimum Gasteiger partial charge on any atom is -0.345 e. The molecule has 1 N–H and O–H groups in total. The SMILES string of the molecule is O=C(c1ccc2nc[nH]c2c1)N1CCCC1c1ccnc(-c2cccc(Cl)c2)n1. The number of halogens is 1. The fourth-order valence-corrected chi connectivity index (χ4v) is 4.07. The summed E-state index contributed by atoms with van der Waals surface area (Å²) in [6.45, 7) is 0.709. The minimum atomic E-state index is -0.0686. The van der Waals surface area contributed by atoms with Gasteiger partial charge in [-0.1, -0.05) is 23.7 Å². The zero-order chi connectivity index (χ0) is 19.8. The average molecular weight is 404 g/mol. The first kappa shape index (κ1) is 17.8. The molecule has 0 bridgehead atoms. The number of carbonyl (C=O) groups is 1. The van der Waals surface area contributed by atoms with E-state index in [0.717, 1.165) is 35.1 Å². The van der Waals surface area contributed by atoms with Gasteiger partial charge in [-0.25, -0.2) is 15.0 Å². The van der Waals surface area contributed by atoms with Crippen molar-refractivity contribution in [3.8, 4) is 11.4 Å². The van der Waals surface area contributed by atoms with E-state index in [2.05, 4.69) is 15.0 Å². The molecule has 2 aromatic carbocycles. The van der Waals surface area contributed by atoms with Crippen molar-refractivity contribution >= 4 is 28.5 Å². The quantitative estimate of drug-likeness (QED) is 0.540. The van der Waals surface area contributed by atoms with Crippen molar-refractivity contribution in [1.29, 1.82) is 0 Å². The lowest BCUT2D eigenvalue weighted by Crippen LogP contribution is -2.31. The monoisotopic (exact) mass is 403 g/mol. The van der Waals surface area contributed by atoms with Crippen molar-refractivity contribution in [3.05, 3.63) is 77.3 Å². The number of imidazole rings is 1. The van der Waals surface area contributed by atoms with E-state index in [9.17, 15) is 4.79 Å². The molecule has 0 aliphatic carbocycles. The molecule has 1 aliphatic heterocycles. The maximum absolute atomic E-state index is 13.2. The number of rotatable bonds is 3. The Hall–Kier alpha value is -3.25. The molecule has 1 fully saturated rings. The summed E-state index contributed by atoms with van der Waals surface area (Å²) in [7, 11) is 0. The first-order valence-electron chi connectivity index (χ1n) is 9.52. The highest BCUT2D eigenvalue weighted by Crippen LogP contribution is 2.33. The van der Waals surface area contributed by atoms with Crippen molar-refractivity contribution in [2.24, 2.45) is 0 Å². The Balaban J connectivity index is 1.46. The largest absolute Gasteiger partial charge is 0.345 e. The number of carbonyl (C=O) groups excluding carboxylic acids is 1. The third-order valence-electron chi connectivity index (χ3n) is 5.28. The zero-order valence-corrected chi connectivity index (χ0v) is 16.3. The summed E-state index contributed by atoms with van der Waals surface area (Å²) in [5, 5.41) is 0.642. The number of hydrogen-bond acceptors (Lipinski definition) is 4. The van der Waals surface area contributed by atoms with Crippen molar-refractivity contribution in [1.82, 2.24) is 24.8 Å². The van der Waals surface area contributed by atoms with Crippen LogP contribution >= 0.6 is 11.6 Å². The third kappa shape index (κ3) is 3.36. The average Bonchev–Trinajstić information content (AvgIpc) is 3.42. The molecule has 3 heterocycles. The topological polar surface area (TPSA) is 74.8 Å². The standard InChI is InChI=1S/C22H18ClN5O/c23-16-4-1-3-14(11-16)21-24-9-8-18(27-21)20-5-2-10-28(20)22(29)15-6-7-17-19(12-15)26-13-25-17/h1,3-4,6-9,11-13,20H,2,5,10H2,(H,25,26). The van der Waals surface area contributed by atoms with Gasteiger partial charge >= 0.3 is 0 Å². The van der Waals surface area contributed by atoms with E-state index in [0.29, 0.717) is 23.0 Å². The number of hydrogen-bond donors (Lipinski definition) is 1. The molecule has 29 heavy (non-hydrogen) atoms. The predicted molar refractivity (Wildman–Crippen MR) is 112 cm³/mol. The van der Waals surface area contributed by atoms with Gasteiger partial charge in [0.25, 0.3) is 5.91 Å². The Kier molecular flexibility index (Phi) is 4.48. The van der Waals surface area contributed by atoms with Crippen LogP contribution in [-0.4, -0.2) is 37.3 Å². The van der Waals surface area contributed by atoms with Gasteiger partial charge in [0.1, 0.15) is 0 Å². The maximum Gasteiger partial charge on any atom is 0.254 e. The van der Waals surface area contributed by atoms with E-state index in [1.165, 1.54) is 0 Å². The normalized spacial score (nSPS) is 16.4. The van der Waals surface area contributed by atoms with Crippen LogP contribution in [0.4, 0.5) is 0 Å². The Labute approximate surface area is 172 Å². The molecule has 6 nitrogen and oxygen atoms in total. The van der Waals surface area contributed by atoms with Gasteiger partial charge < -0.3 is 9.88 Å². The summed E-state index contributed by atoms with van der Waals surface area (Å²) >= 11 is 6.11. The molecule has 1 aliphatic rings. The lowest BCUT2D eigenvalue weighted by Gasteiger charge is -2.24. The highest BCUT2D eigenvalue weighted by Gasteiger charge is 2.32. The van der Waals surface area contributed by atoms with Gasteiger partial charge in [-0.2, -0.15) is 0 Å².